The summed E-state index contributed by atoms with van der Waals surface area (Å²) in [5.74, 6) is 1.19. The van der Waals surface area contributed by atoms with E-state index in [4.69, 9.17) is 9.47 Å². The molecule has 0 heterocycles. The summed E-state index contributed by atoms with van der Waals surface area (Å²) in [5, 5.41) is 2.83. The number of carbonyl (C=O) groups is 1. The lowest BCUT2D eigenvalue weighted by atomic mass is 10.2. The van der Waals surface area contributed by atoms with E-state index in [1.54, 1.807) is 43.5 Å². The number of methoxy groups -OCH3 is 1. The molecule has 1 amide bonds. The quantitative estimate of drug-likeness (QED) is 0.910. The fourth-order valence-electron chi connectivity index (χ4n) is 1.90. The maximum Gasteiger partial charge on any atom is 0.255 e. The molecule has 0 atom stereocenters. The van der Waals surface area contributed by atoms with Crippen molar-refractivity contribution in [3.63, 3.8) is 0 Å². The zero-order chi connectivity index (χ0) is 15.2. The largest absolute Gasteiger partial charge is 0.495 e. The molecular formula is C17H19NO3. The van der Waals surface area contributed by atoms with Crippen molar-refractivity contribution in [1.29, 1.82) is 0 Å². The highest BCUT2D eigenvalue weighted by molar-refractivity contribution is 6.05. The number of hydrogen-bond donors (Lipinski definition) is 1. The van der Waals surface area contributed by atoms with Crippen molar-refractivity contribution in [2.75, 3.05) is 12.4 Å². The fourth-order valence-corrected chi connectivity index (χ4v) is 1.90. The third-order valence-corrected chi connectivity index (χ3v) is 2.84. The number of para-hydroxylation sites is 2. The third kappa shape index (κ3) is 3.99. The van der Waals surface area contributed by atoms with Crippen LogP contribution in [0, 0.1) is 0 Å². The van der Waals surface area contributed by atoms with Crippen molar-refractivity contribution in [1.82, 2.24) is 0 Å². The first kappa shape index (κ1) is 14.9. The SMILES string of the molecule is COc1ccccc1NC(=O)c1ccc(OC(C)C)cc1. The molecule has 2 aromatic carbocycles. The normalized spacial score (nSPS) is 10.3. The Morgan fingerprint density at radius 3 is 2.33 bits per heavy atom. The van der Waals surface area contributed by atoms with Gasteiger partial charge in [0.2, 0.25) is 0 Å². The van der Waals surface area contributed by atoms with Crippen LogP contribution in [0.5, 0.6) is 11.5 Å². The molecule has 2 rings (SSSR count). The van der Waals surface area contributed by atoms with E-state index in [1.165, 1.54) is 0 Å². The Morgan fingerprint density at radius 2 is 1.71 bits per heavy atom. The van der Waals surface area contributed by atoms with Gasteiger partial charge < -0.3 is 14.8 Å². The van der Waals surface area contributed by atoms with Crippen LogP contribution in [-0.2, 0) is 0 Å². The van der Waals surface area contributed by atoms with Crippen molar-refractivity contribution >= 4 is 11.6 Å². The average molecular weight is 285 g/mol. The van der Waals surface area contributed by atoms with Gasteiger partial charge in [-0.1, -0.05) is 12.1 Å². The van der Waals surface area contributed by atoms with Crippen molar-refractivity contribution in [3.8, 4) is 11.5 Å². The van der Waals surface area contributed by atoms with E-state index in [9.17, 15) is 4.79 Å². The summed E-state index contributed by atoms with van der Waals surface area (Å²) in [6.07, 6.45) is 0.109. The van der Waals surface area contributed by atoms with Gasteiger partial charge in [-0.25, -0.2) is 0 Å². The summed E-state index contributed by atoms with van der Waals surface area (Å²) >= 11 is 0. The Bertz CT molecular complexity index is 606. The molecule has 2 aromatic rings. The van der Waals surface area contributed by atoms with Gasteiger partial charge in [0.15, 0.2) is 0 Å². The summed E-state index contributed by atoms with van der Waals surface area (Å²) in [7, 11) is 1.57. The van der Waals surface area contributed by atoms with Crippen LogP contribution in [0.1, 0.15) is 24.2 Å². The van der Waals surface area contributed by atoms with E-state index < -0.39 is 0 Å². The lowest BCUT2D eigenvalue weighted by Gasteiger charge is -2.11. The highest BCUT2D eigenvalue weighted by atomic mass is 16.5. The maximum atomic E-state index is 12.2. The number of amides is 1. The molecule has 0 bridgehead atoms. The van der Waals surface area contributed by atoms with Gasteiger partial charge in [-0.2, -0.15) is 0 Å². The zero-order valence-electron chi connectivity index (χ0n) is 12.4. The second kappa shape index (κ2) is 6.79. The Labute approximate surface area is 124 Å². The molecular weight excluding hydrogens is 266 g/mol. The smallest absolute Gasteiger partial charge is 0.255 e. The molecule has 21 heavy (non-hydrogen) atoms. The number of anilines is 1. The average Bonchev–Trinajstić information content (AvgIpc) is 2.48. The molecule has 0 saturated carbocycles. The molecule has 0 aliphatic rings. The first-order valence-corrected chi connectivity index (χ1v) is 6.81. The number of ether oxygens (including phenoxy) is 2. The topological polar surface area (TPSA) is 47.6 Å². The summed E-state index contributed by atoms with van der Waals surface area (Å²) in [6.45, 7) is 3.92. The van der Waals surface area contributed by atoms with Gasteiger partial charge in [0.25, 0.3) is 5.91 Å². The van der Waals surface area contributed by atoms with Crippen LogP contribution in [0.4, 0.5) is 5.69 Å². The number of carbonyl (C=O) groups excluding carboxylic acids is 1. The Morgan fingerprint density at radius 1 is 1.05 bits per heavy atom. The minimum absolute atomic E-state index is 0.109. The molecule has 0 spiro atoms. The highest BCUT2D eigenvalue weighted by Crippen LogP contribution is 2.24. The van der Waals surface area contributed by atoms with Gasteiger partial charge in [0, 0.05) is 5.56 Å². The monoisotopic (exact) mass is 285 g/mol. The minimum atomic E-state index is -0.185. The number of hydrogen-bond acceptors (Lipinski definition) is 3. The fraction of sp³-hybridized carbons (Fsp3) is 0.235. The molecule has 0 radical (unpaired) electrons. The molecule has 4 nitrogen and oxygen atoms in total. The lowest BCUT2D eigenvalue weighted by molar-refractivity contribution is 0.102. The molecule has 0 saturated heterocycles. The molecule has 0 fully saturated rings. The molecule has 0 aliphatic carbocycles. The first-order chi connectivity index (χ1) is 10.1. The second-order valence-electron chi connectivity index (χ2n) is 4.85. The summed E-state index contributed by atoms with van der Waals surface area (Å²) in [4.78, 5) is 12.2. The minimum Gasteiger partial charge on any atom is -0.495 e. The zero-order valence-corrected chi connectivity index (χ0v) is 12.4. The Kier molecular flexibility index (Phi) is 4.82. The van der Waals surface area contributed by atoms with Crippen molar-refractivity contribution in [2.45, 2.75) is 20.0 Å². The second-order valence-corrected chi connectivity index (χ2v) is 4.85. The van der Waals surface area contributed by atoms with Gasteiger partial charge in [0.1, 0.15) is 11.5 Å². The van der Waals surface area contributed by atoms with Gasteiger partial charge in [-0.15, -0.1) is 0 Å². The van der Waals surface area contributed by atoms with Crippen LogP contribution in [0.25, 0.3) is 0 Å². The molecule has 1 N–H and O–H groups in total. The highest BCUT2D eigenvalue weighted by Gasteiger charge is 2.09. The van der Waals surface area contributed by atoms with Gasteiger partial charge >= 0.3 is 0 Å². The van der Waals surface area contributed by atoms with Crippen LogP contribution in [0.3, 0.4) is 0 Å². The maximum absolute atomic E-state index is 12.2. The summed E-state index contributed by atoms with van der Waals surface area (Å²) in [6, 6.07) is 14.4. The molecule has 0 unspecified atom stereocenters. The van der Waals surface area contributed by atoms with Crippen LogP contribution < -0.4 is 14.8 Å². The van der Waals surface area contributed by atoms with Crippen LogP contribution in [0.2, 0.25) is 0 Å². The van der Waals surface area contributed by atoms with E-state index in [1.807, 2.05) is 26.0 Å². The first-order valence-electron chi connectivity index (χ1n) is 6.81. The van der Waals surface area contributed by atoms with E-state index in [0.29, 0.717) is 17.0 Å². The van der Waals surface area contributed by atoms with Crippen molar-refractivity contribution in [3.05, 3.63) is 54.1 Å². The molecule has 0 aromatic heterocycles. The van der Waals surface area contributed by atoms with Gasteiger partial charge in [-0.3, -0.25) is 4.79 Å². The predicted octanol–water partition coefficient (Wildman–Crippen LogP) is 3.73. The van der Waals surface area contributed by atoms with Gasteiger partial charge in [0.05, 0.1) is 18.9 Å². The number of nitrogens with one attached hydrogen (secondary N) is 1. The van der Waals surface area contributed by atoms with E-state index in [2.05, 4.69) is 5.32 Å². The molecule has 0 aliphatic heterocycles. The van der Waals surface area contributed by atoms with E-state index in [-0.39, 0.29) is 12.0 Å². The number of rotatable bonds is 5. The third-order valence-electron chi connectivity index (χ3n) is 2.84. The number of benzene rings is 2. The lowest BCUT2D eigenvalue weighted by Crippen LogP contribution is -2.12. The summed E-state index contributed by atoms with van der Waals surface area (Å²) < 4.78 is 10.8. The van der Waals surface area contributed by atoms with Crippen LogP contribution >= 0.6 is 0 Å². The molecule has 110 valence electrons. The van der Waals surface area contributed by atoms with Crippen LogP contribution in [-0.4, -0.2) is 19.1 Å². The molecule has 4 heteroatoms. The van der Waals surface area contributed by atoms with Crippen molar-refractivity contribution < 1.29 is 14.3 Å². The Balaban J connectivity index is 2.09. The van der Waals surface area contributed by atoms with E-state index in [0.717, 1.165) is 5.75 Å². The Hall–Kier alpha value is -2.49. The standard InChI is InChI=1S/C17H19NO3/c1-12(2)21-14-10-8-13(9-11-14)17(19)18-15-6-4-5-7-16(15)20-3/h4-12H,1-3H3,(H,18,19). The van der Waals surface area contributed by atoms with Crippen molar-refractivity contribution in [2.24, 2.45) is 0 Å². The summed E-state index contributed by atoms with van der Waals surface area (Å²) in [5.41, 5.74) is 1.21. The van der Waals surface area contributed by atoms with E-state index >= 15 is 0 Å². The van der Waals surface area contributed by atoms with Gasteiger partial charge in [-0.05, 0) is 50.2 Å². The predicted molar refractivity (Wildman–Crippen MR) is 83.2 cm³/mol. The van der Waals surface area contributed by atoms with Crippen LogP contribution in [0.15, 0.2) is 48.5 Å².